The predicted molar refractivity (Wildman–Crippen MR) is 166 cm³/mol. The van der Waals surface area contributed by atoms with Crippen molar-refractivity contribution < 1.29 is 28.4 Å². The zero-order valence-corrected chi connectivity index (χ0v) is 25.0. The van der Waals surface area contributed by atoms with E-state index in [-0.39, 0.29) is 0 Å². The average molecular weight is 619 g/mol. The van der Waals surface area contributed by atoms with Crippen molar-refractivity contribution in [2.45, 2.75) is 0 Å². The molecule has 0 radical (unpaired) electrons. The van der Waals surface area contributed by atoms with Crippen LogP contribution >= 0.6 is 11.3 Å². The molecule has 0 atom stereocenters. The Balaban J connectivity index is 1.39. The standard InChI is InChI=1S/C31H29F2N7O3S/c1-40(2)14-15-43-25-17-20(10-11-24(25)42-3)37-31-35-13-12-23(38-31)28-27(39-30(34)44-28)18-6-4-7-19(16-18)36-29(41)26-21(32)8-5-9-22(26)33/h4-13,16-17H,14-15H2,1-3H3,(H2,34,39)(H,36,41)(H,35,37,38)/p+1. The van der Waals surface area contributed by atoms with Gasteiger partial charge in [-0.2, -0.15) is 0 Å². The van der Waals surface area contributed by atoms with E-state index in [1.165, 1.54) is 22.7 Å². The molecule has 2 aromatic heterocycles. The van der Waals surface area contributed by atoms with Crippen LogP contribution in [0.15, 0.2) is 72.9 Å². The third-order valence-electron chi connectivity index (χ3n) is 6.41. The van der Waals surface area contributed by atoms with E-state index < -0.39 is 23.1 Å². The van der Waals surface area contributed by atoms with Crippen LogP contribution in [0.4, 0.5) is 31.2 Å². The lowest BCUT2D eigenvalue weighted by Gasteiger charge is -2.15. The molecule has 13 heteroatoms. The zero-order chi connectivity index (χ0) is 31.2. The van der Waals surface area contributed by atoms with Crippen LogP contribution in [0.25, 0.3) is 21.8 Å². The van der Waals surface area contributed by atoms with Crippen LogP contribution in [-0.2, 0) is 0 Å². The van der Waals surface area contributed by atoms with Crippen LogP contribution in [0, 0.1) is 11.6 Å². The largest absolute Gasteiger partial charge is 0.493 e. The third-order valence-corrected chi connectivity index (χ3v) is 7.32. The Morgan fingerprint density at radius 2 is 1.80 bits per heavy atom. The lowest BCUT2D eigenvalue weighted by atomic mass is 10.1. The number of amides is 1. The Hall–Kier alpha value is -4.98. The second-order valence-corrected chi connectivity index (χ2v) is 10.9. The van der Waals surface area contributed by atoms with E-state index >= 15 is 0 Å². The highest BCUT2D eigenvalue weighted by Crippen LogP contribution is 2.38. The molecule has 10 nitrogen and oxygen atoms in total. The molecule has 0 bridgehead atoms. The number of benzene rings is 3. The minimum Gasteiger partial charge on any atom is -0.493 e. The van der Waals surface area contributed by atoms with Gasteiger partial charge in [0.25, 0.3) is 0 Å². The Kier molecular flexibility index (Phi) is 9.38. The Bertz CT molecular complexity index is 1780. The molecule has 44 heavy (non-hydrogen) atoms. The summed E-state index contributed by atoms with van der Waals surface area (Å²) in [5, 5.41) is 4.70. The molecule has 0 aliphatic rings. The van der Waals surface area contributed by atoms with Crippen LogP contribution in [0.3, 0.4) is 0 Å². The lowest BCUT2D eigenvalue weighted by Crippen LogP contribution is -2.82. The zero-order valence-electron chi connectivity index (χ0n) is 24.2. The van der Waals surface area contributed by atoms with Crippen LogP contribution in [-0.4, -0.2) is 60.1 Å². The molecule has 2 heterocycles. The monoisotopic (exact) mass is 618 g/mol. The van der Waals surface area contributed by atoms with Crippen molar-refractivity contribution >= 4 is 39.7 Å². The van der Waals surface area contributed by atoms with Crippen molar-refractivity contribution in [3.8, 4) is 33.3 Å². The highest BCUT2D eigenvalue weighted by atomic mass is 32.1. The molecule has 0 saturated carbocycles. The molecule has 0 unspecified atom stereocenters. The normalized spacial score (nSPS) is 11.0. The summed E-state index contributed by atoms with van der Waals surface area (Å²) >= 11 is 1.25. The number of primary amides is 1. The number of hydrogen-bond acceptors (Lipinski definition) is 10. The molecule has 226 valence electrons. The summed E-state index contributed by atoms with van der Waals surface area (Å²) in [6, 6.07) is 17.4. The number of ether oxygens (including phenoxy) is 2. The first-order valence-electron chi connectivity index (χ1n) is 13.5. The highest BCUT2D eigenvalue weighted by Gasteiger charge is 2.22. The van der Waals surface area contributed by atoms with E-state index in [1.54, 1.807) is 49.7 Å². The molecule has 0 spiro atoms. The number of aromatic nitrogens is 3. The van der Waals surface area contributed by atoms with Gasteiger partial charge in [-0.05, 0) is 50.5 Å². The van der Waals surface area contributed by atoms with Gasteiger partial charge in [-0.3, -0.25) is 0 Å². The van der Waals surface area contributed by atoms with Gasteiger partial charge in [0.15, 0.2) is 22.2 Å². The lowest BCUT2D eigenvalue weighted by molar-refractivity contribution is -0.464. The predicted octanol–water partition coefficient (Wildman–Crippen LogP) is 4.86. The second-order valence-electron chi connectivity index (χ2n) is 9.87. The summed E-state index contributed by atoms with van der Waals surface area (Å²) < 4.78 is 39.7. The average Bonchev–Trinajstić information content (AvgIpc) is 3.39. The number of hydrogen-bond donors (Lipinski definition) is 3. The Morgan fingerprint density at radius 1 is 1.02 bits per heavy atom. The smallest absolute Gasteiger partial charge is 0.353 e. The van der Waals surface area contributed by atoms with Gasteiger partial charge in [0, 0.05) is 36.1 Å². The van der Waals surface area contributed by atoms with Crippen LogP contribution in [0.1, 0.15) is 10.4 Å². The number of carbonyl (C=O) groups excluding carboxylic acids is 1. The number of halogens is 2. The van der Waals surface area contributed by atoms with Crippen molar-refractivity contribution in [2.24, 2.45) is 0 Å². The van der Waals surface area contributed by atoms with Gasteiger partial charge in [0.2, 0.25) is 5.95 Å². The number of methoxy groups -OCH3 is 1. The molecule has 5 N–H and O–H groups in total. The summed E-state index contributed by atoms with van der Waals surface area (Å²) in [7, 11) is 5.52. The molecule has 0 saturated heterocycles. The Morgan fingerprint density at radius 3 is 2.55 bits per heavy atom. The molecule has 0 aliphatic heterocycles. The number of quaternary nitrogens is 1. The van der Waals surface area contributed by atoms with Gasteiger partial charge in [-0.15, -0.1) is 0 Å². The molecule has 0 aliphatic carbocycles. The van der Waals surface area contributed by atoms with Gasteiger partial charge < -0.3 is 25.4 Å². The summed E-state index contributed by atoms with van der Waals surface area (Å²) in [5.41, 5.74) is 8.41. The summed E-state index contributed by atoms with van der Waals surface area (Å²) in [6.07, 6.45) is 1.62. The number of thiazole rings is 1. The maximum atomic E-state index is 14.2. The summed E-state index contributed by atoms with van der Waals surface area (Å²) in [4.78, 5) is 29.0. The highest BCUT2D eigenvalue weighted by molar-refractivity contribution is 7.19. The number of nitrogen functional groups attached to an aromatic ring is 1. The fourth-order valence-corrected chi connectivity index (χ4v) is 5.14. The Labute approximate surface area is 256 Å². The van der Waals surface area contributed by atoms with E-state index in [0.717, 1.165) is 18.7 Å². The molecule has 1 amide bonds. The van der Waals surface area contributed by atoms with Gasteiger partial charge in [0.05, 0.1) is 23.4 Å². The second kappa shape index (κ2) is 13.5. The SMILES string of the molecule is COc1ccc(Nc2nccc(-c3sc(N)nc3-c3cccc([NH2+]C(=O)c4c(F)cccc4F)c3)n2)cc1OCCN(C)C. The first-order chi connectivity index (χ1) is 21.2. The van der Waals surface area contributed by atoms with Crippen LogP contribution < -0.4 is 25.8 Å². The minimum atomic E-state index is -0.923. The molecule has 5 rings (SSSR count). The number of carbonyl (C=O) groups is 1. The number of nitrogens with one attached hydrogen (secondary N) is 1. The van der Waals surface area contributed by atoms with Crippen LogP contribution in [0.2, 0.25) is 0 Å². The van der Waals surface area contributed by atoms with Crippen molar-refractivity contribution in [1.29, 1.82) is 0 Å². The minimum absolute atomic E-state index is 0.316. The van der Waals surface area contributed by atoms with Crippen molar-refractivity contribution in [3.05, 3.63) is 90.1 Å². The maximum Gasteiger partial charge on any atom is 0.353 e. The summed E-state index contributed by atoms with van der Waals surface area (Å²) in [5.74, 6) is -1.10. The van der Waals surface area contributed by atoms with E-state index in [1.807, 2.05) is 31.1 Å². The first-order valence-corrected chi connectivity index (χ1v) is 14.3. The van der Waals surface area contributed by atoms with E-state index in [2.05, 4.69) is 15.3 Å². The molecule has 5 aromatic rings. The van der Waals surface area contributed by atoms with E-state index in [9.17, 15) is 13.6 Å². The van der Waals surface area contributed by atoms with E-state index in [0.29, 0.717) is 62.4 Å². The molecule has 3 aromatic carbocycles. The quantitative estimate of drug-likeness (QED) is 0.178. The van der Waals surface area contributed by atoms with Gasteiger partial charge in [-0.1, -0.05) is 29.5 Å². The number of anilines is 3. The van der Waals surface area contributed by atoms with Crippen molar-refractivity contribution in [2.75, 3.05) is 45.4 Å². The van der Waals surface area contributed by atoms with Crippen LogP contribution in [0.5, 0.6) is 11.5 Å². The first kappa shape index (κ1) is 30.5. The molecule has 0 fully saturated rings. The van der Waals surface area contributed by atoms with E-state index in [4.69, 9.17) is 20.2 Å². The number of nitrogens with zero attached hydrogens (tertiary/aromatic N) is 4. The third kappa shape index (κ3) is 7.14. The van der Waals surface area contributed by atoms with Gasteiger partial charge in [-0.25, -0.2) is 33.8 Å². The fraction of sp³-hybridized carbons (Fsp3) is 0.161. The number of rotatable bonds is 11. The molecular weight excluding hydrogens is 588 g/mol. The van der Waals surface area contributed by atoms with Crippen molar-refractivity contribution in [1.82, 2.24) is 19.9 Å². The topological polar surface area (TPSA) is 132 Å². The number of nitrogens with two attached hydrogens (primary N) is 2. The maximum absolute atomic E-state index is 14.2. The molecular formula is C31H30F2N7O3S+. The fourth-order valence-electron chi connectivity index (χ4n) is 4.32. The number of likely N-dealkylation sites (N-methyl/N-ethyl adjacent to an activating group) is 1. The van der Waals surface area contributed by atoms with Crippen molar-refractivity contribution in [3.63, 3.8) is 0 Å². The van der Waals surface area contributed by atoms with Gasteiger partial charge in [0.1, 0.15) is 23.9 Å². The summed E-state index contributed by atoms with van der Waals surface area (Å²) in [6.45, 7) is 1.23. The van der Waals surface area contributed by atoms with Gasteiger partial charge >= 0.3 is 5.91 Å².